The third-order valence-corrected chi connectivity index (χ3v) is 3.34. The van der Waals surface area contributed by atoms with Crippen LogP contribution in [0.4, 0.5) is 10.1 Å². The quantitative estimate of drug-likeness (QED) is 0.829. The standard InChI is InChI=1S/C16H17BrFNO/c1-11(2)20-14-5-3-4-12(8-14)10-19-16-7-6-13(18)9-15(16)17/h3-9,11,19H,10H2,1-2H3. The fraction of sp³-hybridized carbons (Fsp3) is 0.250. The Hall–Kier alpha value is -1.55. The van der Waals surface area contributed by atoms with Crippen LogP contribution in [0, 0.1) is 5.82 Å². The van der Waals surface area contributed by atoms with E-state index in [2.05, 4.69) is 21.2 Å². The summed E-state index contributed by atoms with van der Waals surface area (Å²) in [6, 6.07) is 12.5. The van der Waals surface area contributed by atoms with E-state index in [9.17, 15) is 4.39 Å². The van der Waals surface area contributed by atoms with E-state index in [1.807, 2.05) is 38.1 Å². The summed E-state index contributed by atoms with van der Waals surface area (Å²) in [6.45, 7) is 4.65. The second kappa shape index (κ2) is 6.75. The van der Waals surface area contributed by atoms with Crippen molar-refractivity contribution in [1.82, 2.24) is 0 Å². The van der Waals surface area contributed by atoms with Gasteiger partial charge in [0.15, 0.2) is 0 Å². The van der Waals surface area contributed by atoms with Gasteiger partial charge in [0, 0.05) is 16.7 Å². The SMILES string of the molecule is CC(C)Oc1cccc(CNc2ccc(F)cc2Br)c1. The molecule has 0 bridgehead atoms. The molecule has 2 nitrogen and oxygen atoms in total. The van der Waals surface area contributed by atoms with Gasteiger partial charge in [0.25, 0.3) is 0 Å². The minimum absolute atomic E-state index is 0.157. The van der Waals surface area contributed by atoms with Crippen LogP contribution in [0.5, 0.6) is 5.75 Å². The fourth-order valence-corrected chi connectivity index (χ4v) is 2.32. The molecule has 0 aliphatic heterocycles. The van der Waals surface area contributed by atoms with Crippen molar-refractivity contribution in [3.05, 3.63) is 58.3 Å². The summed E-state index contributed by atoms with van der Waals surface area (Å²) in [7, 11) is 0. The minimum Gasteiger partial charge on any atom is -0.491 e. The topological polar surface area (TPSA) is 21.3 Å². The van der Waals surface area contributed by atoms with Gasteiger partial charge < -0.3 is 10.1 Å². The molecule has 0 saturated carbocycles. The van der Waals surface area contributed by atoms with Gasteiger partial charge in [-0.25, -0.2) is 4.39 Å². The Kier molecular flexibility index (Phi) is 5.01. The average molecular weight is 338 g/mol. The molecule has 0 aliphatic carbocycles. The second-order valence-electron chi connectivity index (χ2n) is 4.79. The molecular formula is C16H17BrFNO. The van der Waals surface area contributed by atoms with Gasteiger partial charge in [0.1, 0.15) is 11.6 Å². The van der Waals surface area contributed by atoms with Crippen LogP contribution >= 0.6 is 15.9 Å². The number of halogens is 2. The summed E-state index contributed by atoms with van der Waals surface area (Å²) in [5.74, 6) is 0.604. The van der Waals surface area contributed by atoms with Gasteiger partial charge in [-0.3, -0.25) is 0 Å². The zero-order valence-electron chi connectivity index (χ0n) is 11.5. The van der Waals surface area contributed by atoms with Gasteiger partial charge in [-0.05, 0) is 65.7 Å². The lowest BCUT2D eigenvalue weighted by molar-refractivity contribution is 0.242. The second-order valence-corrected chi connectivity index (χ2v) is 5.65. The van der Waals surface area contributed by atoms with E-state index in [-0.39, 0.29) is 11.9 Å². The molecular weight excluding hydrogens is 321 g/mol. The number of anilines is 1. The Bertz CT molecular complexity index is 586. The number of rotatable bonds is 5. The van der Waals surface area contributed by atoms with Crippen molar-refractivity contribution in [2.75, 3.05) is 5.32 Å². The monoisotopic (exact) mass is 337 g/mol. The maximum atomic E-state index is 13.0. The number of hydrogen-bond donors (Lipinski definition) is 1. The highest BCUT2D eigenvalue weighted by Crippen LogP contribution is 2.24. The minimum atomic E-state index is -0.255. The molecule has 0 spiro atoms. The first-order valence-electron chi connectivity index (χ1n) is 6.49. The first-order valence-corrected chi connectivity index (χ1v) is 7.28. The van der Waals surface area contributed by atoms with E-state index in [0.717, 1.165) is 17.0 Å². The van der Waals surface area contributed by atoms with E-state index >= 15 is 0 Å². The van der Waals surface area contributed by atoms with Crippen LogP contribution in [0.2, 0.25) is 0 Å². The van der Waals surface area contributed by atoms with Crippen molar-refractivity contribution in [3.8, 4) is 5.75 Å². The molecule has 0 aliphatic rings. The summed E-state index contributed by atoms with van der Waals surface area (Å²) in [6.07, 6.45) is 0.157. The maximum absolute atomic E-state index is 13.0. The van der Waals surface area contributed by atoms with Crippen LogP contribution in [0.3, 0.4) is 0 Å². The molecule has 0 aromatic heterocycles. The number of hydrogen-bond acceptors (Lipinski definition) is 2. The zero-order chi connectivity index (χ0) is 14.5. The summed E-state index contributed by atoms with van der Waals surface area (Å²) in [5.41, 5.74) is 1.97. The molecule has 20 heavy (non-hydrogen) atoms. The summed E-state index contributed by atoms with van der Waals surface area (Å²) in [5, 5.41) is 3.27. The van der Waals surface area contributed by atoms with Crippen molar-refractivity contribution in [2.24, 2.45) is 0 Å². The van der Waals surface area contributed by atoms with Crippen molar-refractivity contribution in [3.63, 3.8) is 0 Å². The first-order chi connectivity index (χ1) is 9.54. The summed E-state index contributed by atoms with van der Waals surface area (Å²) in [4.78, 5) is 0. The number of benzene rings is 2. The predicted octanol–water partition coefficient (Wildman–Crippen LogP) is 4.99. The van der Waals surface area contributed by atoms with E-state index in [1.165, 1.54) is 12.1 Å². The highest BCUT2D eigenvalue weighted by molar-refractivity contribution is 9.10. The van der Waals surface area contributed by atoms with Crippen LogP contribution < -0.4 is 10.1 Å². The Balaban J connectivity index is 2.03. The molecule has 0 saturated heterocycles. The lowest BCUT2D eigenvalue weighted by Crippen LogP contribution is -2.06. The molecule has 0 unspecified atom stereocenters. The lowest BCUT2D eigenvalue weighted by Gasteiger charge is -2.12. The van der Waals surface area contributed by atoms with Gasteiger partial charge in [0.2, 0.25) is 0 Å². The van der Waals surface area contributed by atoms with Gasteiger partial charge in [0.05, 0.1) is 6.10 Å². The maximum Gasteiger partial charge on any atom is 0.124 e. The van der Waals surface area contributed by atoms with Crippen LogP contribution in [0.1, 0.15) is 19.4 Å². The predicted molar refractivity (Wildman–Crippen MR) is 83.6 cm³/mol. The molecule has 0 heterocycles. The van der Waals surface area contributed by atoms with Crippen LogP contribution in [0.25, 0.3) is 0 Å². The zero-order valence-corrected chi connectivity index (χ0v) is 13.1. The molecule has 0 fully saturated rings. The van der Waals surface area contributed by atoms with Crippen molar-refractivity contribution < 1.29 is 9.13 Å². The normalized spacial score (nSPS) is 10.7. The van der Waals surface area contributed by atoms with Gasteiger partial charge in [-0.2, -0.15) is 0 Å². The molecule has 1 N–H and O–H groups in total. The van der Waals surface area contributed by atoms with E-state index < -0.39 is 0 Å². The van der Waals surface area contributed by atoms with Crippen LogP contribution in [0.15, 0.2) is 46.9 Å². The summed E-state index contributed by atoms with van der Waals surface area (Å²) >= 11 is 3.34. The Morgan fingerprint density at radius 3 is 2.70 bits per heavy atom. The van der Waals surface area contributed by atoms with Crippen LogP contribution in [-0.4, -0.2) is 6.10 Å². The molecule has 0 amide bonds. The van der Waals surface area contributed by atoms with Crippen LogP contribution in [-0.2, 0) is 6.54 Å². The number of ether oxygens (including phenoxy) is 1. The van der Waals surface area contributed by atoms with E-state index in [0.29, 0.717) is 11.0 Å². The van der Waals surface area contributed by atoms with Gasteiger partial charge >= 0.3 is 0 Å². The van der Waals surface area contributed by atoms with Crippen molar-refractivity contribution in [2.45, 2.75) is 26.5 Å². The smallest absolute Gasteiger partial charge is 0.124 e. The molecule has 0 atom stereocenters. The molecule has 2 rings (SSSR count). The number of nitrogens with one attached hydrogen (secondary N) is 1. The average Bonchev–Trinajstić information content (AvgIpc) is 2.37. The first kappa shape index (κ1) is 14.9. The lowest BCUT2D eigenvalue weighted by atomic mass is 10.2. The van der Waals surface area contributed by atoms with E-state index in [4.69, 9.17) is 4.74 Å². The molecule has 2 aromatic rings. The Morgan fingerprint density at radius 2 is 2.00 bits per heavy atom. The molecule has 2 aromatic carbocycles. The molecule has 106 valence electrons. The van der Waals surface area contributed by atoms with Crippen molar-refractivity contribution >= 4 is 21.6 Å². The third kappa shape index (κ3) is 4.23. The molecule has 0 radical (unpaired) electrons. The highest BCUT2D eigenvalue weighted by atomic mass is 79.9. The Morgan fingerprint density at radius 1 is 1.20 bits per heavy atom. The Labute approximate surface area is 127 Å². The largest absolute Gasteiger partial charge is 0.491 e. The van der Waals surface area contributed by atoms with Crippen molar-refractivity contribution in [1.29, 1.82) is 0 Å². The summed E-state index contributed by atoms with van der Waals surface area (Å²) < 4.78 is 19.4. The van der Waals surface area contributed by atoms with Gasteiger partial charge in [-0.1, -0.05) is 12.1 Å². The molecule has 4 heteroatoms. The third-order valence-electron chi connectivity index (χ3n) is 2.68. The van der Waals surface area contributed by atoms with E-state index in [1.54, 1.807) is 6.07 Å². The highest BCUT2D eigenvalue weighted by Gasteiger charge is 2.03. The van der Waals surface area contributed by atoms with Gasteiger partial charge in [-0.15, -0.1) is 0 Å². The fourth-order valence-electron chi connectivity index (χ4n) is 1.83.